The van der Waals surface area contributed by atoms with Gasteiger partial charge >= 0.3 is 0 Å². The second-order valence-electron chi connectivity index (χ2n) is 10.4. The van der Waals surface area contributed by atoms with E-state index in [2.05, 4.69) is 140 Å². The van der Waals surface area contributed by atoms with Crippen LogP contribution in [-0.4, -0.2) is 5.11 Å². The molecule has 232 valence electrons. The van der Waals surface area contributed by atoms with Crippen LogP contribution in [0.4, 0.5) is 0 Å². The number of hydrogen-bond acceptors (Lipinski definition) is 6. The molecule has 0 unspecified atom stereocenters. The summed E-state index contributed by atoms with van der Waals surface area (Å²) in [5, 5.41) is 14.6. The van der Waals surface area contributed by atoms with Gasteiger partial charge in [0.15, 0.2) is 0 Å². The maximum absolute atomic E-state index is 9.23. The van der Waals surface area contributed by atoms with Gasteiger partial charge in [-0.25, -0.2) is 18.6 Å². The average Bonchev–Trinajstić information content (AvgIpc) is 3.09. The quantitative estimate of drug-likeness (QED) is 0.240. The van der Waals surface area contributed by atoms with Crippen LogP contribution in [0.1, 0.15) is 11.1 Å². The van der Waals surface area contributed by atoms with E-state index in [0.29, 0.717) is 6.61 Å². The van der Waals surface area contributed by atoms with Crippen LogP contribution in [0.15, 0.2) is 164 Å². The number of ether oxygens (including phenoxy) is 1. The molecule has 0 aliphatic rings. The van der Waals surface area contributed by atoms with Crippen molar-refractivity contribution in [1.82, 2.24) is 0 Å². The lowest BCUT2D eigenvalue weighted by Gasteiger charge is -2.27. The van der Waals surface area contributed by atoms with Crippen LogP contribution < -0.4 is 44.6 Å². The molecule has 0 aromatic heterocycles. The molecule has 0 radical (unpaired) electrons. The zero-order chi connectivity index (χ0) is 32.4. The molecule has 46 heavy (non-hydrogen) atoms. The molecular weight excluding hydrogens is 619 g/mol. The molecule has 0 atom stereocenters. The molecule has 0 aliphatic carbocycles. The standard InChI is InChI=1S/C38H32O2P.ClHO4/c39-28-30-18-24-34(25-19-30)40-29-31-16-20-32(21-17-31)33-22-26-38(27-23-33)41(35-10-4-1-5-11-35,36-12-6-2-7-13-36)37-14-8-3-9-15-37;2-1(3,4)5/h1-27,39H,28-29H2;(H,2,3,4,5)/q+1;/p-1. The minimum atomic E-state index is -4.94. The van der Waals surface area contributed by atoms with E-state index in [1.165, 1.54) is 32.3 Å². The fraction of sp³-hybridized carbons (Fsp3) is 0.0526. The van der Waals surface area contributed by atoms with Crippen LogP contribution >= 0.6 is 7.26 Å². The van der Waals surface area contributed by atoms with E-state index in [1.807, 2.05) is 24.3 Å². The van der Waals surface area contributed by atoms with Crippen molar-refractivity contribution in [2.45, 2.75) is 13.2 Å². The second kappa shape index (κ2) is 15.3. The Hall–Kier alpha value is -4.36. The third-order valence-corrected chi connectivity index (χ3v) is 11.8. The molecule has 0 saturated carbocycles. The first-order valence-electron chi connectivity index (χ1n) is 14.5. The molecular formula is C38H32ClO6P. The summed E-state index contributed by atoms with van der Waals surface area (Å²) in [6.45, 7) is 0.534. The van der Waals surface area contributed by atoms with Gasteiger partial charge in [-0.2, -0.15) is 0 Å². The van der Waals surface area contributed by atoms with Crippen LogP contribution in [0.25, 0.3) is 11.1 Å². The fourth-order valence-corrected chi connectivity index (χ4v) is 9.62. The molecule has 0 amide bonds. The van der Waals surface area contributed by atoms with Gasteiger partial charge in [0.05, 0.1) is 6.61 Å². The van der Waals surface area contributed by atoms with Crippen molar-refractivity contribution >= 4 is 28.5 Å². The van der Waals surface area contributed by atoms with Gasteiger partial charge in [-0.05, 0) is 82.9 Å². The Labute approximate surface area is 271 Å². The predicted molar refractivity (Wildman–Crippen MR) is 173 cm³/mol. The van der Waals surface area contributed by atoms with Crippen LogP contribution in [0.3, 0.4) is 0 Å². The van der Waals surface area contributed by atoms with Gasteiger partial charge < -0.3 is 9.84 Å². The van der Waals surface area contributed by atoms with Crippen molar-refractivity contribution in [3.05, 3.63) is 175 Å². The number of aliphatic hydroxyl groups excluding tert-OH is 1. The molecule has 6 nitrogen and oxygen atoms in total. The molecule has 1 N–H and O–H groups in total. The topological polar surface area (TPSA) is 122 Å². The summed E-state index contributed by atoms with van der Waals surface area (Å²) in [6.07, 6.45) is 0. The average molecular weight is 651 g/mol. The number of benzene rings is 6. The number of aliphatic hydroxyl groups is 1. The third kappa shape index (κ3) is 8.26. The third-order valence-electron chi connectivity index (χ3n) is 7.48. The van der Waals surface area contributed by atoms with Gasteiger partial charge in [0.1, 0.15) is 40.8 Å². The van der Waals surface area contributed by atoms with Crippen molar-refractivity contribution in [3.63, 3.8) is 0 Å². The van der Waals surface area contributed by atoms with Crippen LogP contribution in [0.2, 0.25) is 0 Å². The first kappa shape index (κ1) is 33.0. The highest BCUT2D eigenvalue weighted by Crippen LogP contribution is 2.54. The largest absolute Gasteiger partial charge is 0.489 e. The first-order chi connectivity index (χ1) is 22.3. The fourth-order valence-electron chi connectivity index (χ4n) is 5.38. The van der Waals surface area contributed by atoms with Crippen molar-refractivity contribution in [2.24, 2.45) is 0 Å². The molecule has 0 fully saturated rings. The smallest absolute Gasteiger partial charge is 0.144 e. The van der Waals surface area contributed by atoms with Gasteiger partial charge in [0.2, 0.25) is 0 Å². The molecule has 0 aliphatic heterocycles. The van der Waals surface area contributed by atoms with Crippen molar-refractivity contribution in [1.29, 1.82) is 0 Å². The van der Waals surface area contributed by atoms with E-state index in [0.717, 1.165) is 16.9 Å². The first-order valence-corrected chi connectivity index (χ1v) is 17.5. The highest BCUT2D eigenvalue weighted by molar-refractivity contribution is 8.01. The van der Waals surface area contributed by atoms with Crippen molar-refractivity contribution in [2.75, 3.05) is 0 Å². The van der Waals surface area contributed by atoms with Crippen LogP contribution in [0, 0.1) is 10.2 Å². The summed E-state index contributed by atoms with van der Waals surface area (Å²) in [6, 6.07) is 58.2. The molecule has 0 bridgehead atoms. The molecule has 6 aromatic rings. The van der Waals surface area contributed by atoms with E-state index >= 15 is 0 Å². The van der Waals surface area contributed by atoms with E-state index < -0.39 is 17.5 Å². The molecule has 6 aromatic carbocycles. The highest BCUT2D eigenvalue weighted by Gasteiger charge is 2.47. The maximum atomic E-state index is 9.23. The van der Waals surface area contributed by atoms with E-state index in [-0.39, 0.29) is 6.61 Å². The maximum Gasteiger partial charge on any atom is 0.144 e. The summed E-state index contributed by atoms with van der Waals surface area (Å²) in [4.78, 5) is 0. The Kier molecular flexibility index (Phi) is 11.0. The molecule has 6 rings (SSSR count). The SMILES string of the molecule is OCc1ccc(OCc2ccc(-c3ccc([P+](c4ccccc4)(c4ccccc4)c4ccccc4)cc3)cc2)cc1.[O-][Cl+3]([O-])([O-])[O-]. The summed E-state index contributed by atoms with van der Waals surface area (Å²) in [5.74, 6) is 0.795. The van der Waals surface area contributed by atoms with E-state index in [9.17, 15) is 5.11 Å². The second-order valence-corrected chi connectivity index (χ2v) is 14.6. The van der Waals surface area contributed by atoms with Crippen LogP contribution in [0.5, 0.6) is 5.75 Å². The normalized spacial score (nSPS) is 11.3. The predicted octanol–water partition coefficient (Wildman–Crippen LogP) is 2.29. The van der Waals surface area contributed by atoms with Gasteiger partial charge in [-0.15, -0.1) is 10.2 Å². The Morgan fingerprint density at radius 1 is 0.457 bits per heavy atom. The molecule has 0 saturated heterocycles. The Morgan fingerprint density at radius 3 is 1.20 bits per heavy atom. The highest BCUT2D eigenvalue weighted by atomic mass is 35.7. The van der Waals surface area contributed by atoms with Gasteiger partial charge in [0, 0.05) is 0 Å². The van der Waals surface area contributed by atoms with Gasteiger partial charge in [-0.1, -0.05) is 103 Å². The number of rotatable bonds is 9. The van der Waals surface area contributed by atoms with Gasteiger partial charge in [0.25, 0.3) is 0 Å². The summed E-state index contributed by atoms with van der Waals surface area (Å²) >= 11 is 0. The monoisotopic (exact) mass is 650 g/mol. The number of halogens is 1. The van der Waals surface area contributed by atoms with Crippen molar-refractivity contribution < 1.29 is 38.7 Å². The lowest BCUT2D eigenvalue weighted by Crippen LogP contribution is -2.68. The zero-order valence-electron chi connectivity index (χ0n) is 24.8. The zero-order valence-corrected chi connectivity index (χ0v) is 26.5. The minimum absolute atomic E-state index is 0.0379. The van der Waals surface area contributed by atoms with Crippen LogP contribution in [-0.2, 0) is 13.2 Å². The number of hydrogen-bond donors (Lipinski definition) is 1. The van der Waals surface area contributed by atoms with E-state index in [1.54, 1.807) is 0 Å². The Balaban J connectivity index is 0.000000775. The molecule has 0 heterocycles. The Morgan fingerprint density at radius 2 is 0.804 bits per heavy atom. The summed E-state index contributed by atoms with van der Waals surface area (Å²) < 4.78 is 39.9. The van der Waals surface area contributed by atoms with Gasteiger partial charge in [-0.3, -0.25) is 0 Å². The van der Waals surface area contributed by atoms with Crippen molar-refractivity contribution in [3.8, 4) is 16.9 Å². The Bertz CT molecular complexity index is 1680. The molecule has 8 heteroatoms. The minimum Gasteiger partial charge on any atom is -0.489 e. The van der Waals surface area contributed by atoms with E-state index in [4.69, 9.17) is 23.4 Å². The summed E-state index contributed by atoms with van der Waals surface area (Å²) in [5.41, 5.74) is 4.35. The summed E-state index contributed by atoms with van der Waals surface area (Å²) in [7, 11) is -7.04. The lowest BCUT2D eigenvalue weighted by molar-refractivity contribution is -2.00. The lowest BCUT2D eigenvalue weighted by atomic mass is 10.0. The molecule has 0 spiro atoms.